The Hall–Kier alpha value is -1.75. The molecule has 1 nitrogen and oxygen atoms in total. The van der Waals surface area contributed by atoms with Gasteiger partial charge in [0.15, 0.2) is 0 Å². The van der Waals surface area contributed by atoms with E-state index in [2.05, 4.69) is 11.8 Å². The molecule has 96 valence electrons. The van der Waals surface area contributed by atoms with Gasteiger partial charge in [-0.05, 0) is 37.6 Å². The van der Waals surface area contributed by atoms with Crippen LogP contribution in [0.5, 0.6) is 0 Å². The minimum absolute atomic E-state index is 0.734. The van der Waals surface area contributed by atoms with Gasteiger partial charge in [0.1, 0.15) is 5.60 Å². The van der Waals surface area contributed by atoms with Crippen molar-refractivity contribution in [1.82, 2.24) is 0 Å². The number of rotatable bonds is 1. The molecule has 0 saturated heterocycles. The molecule has 0 spiro atoms. The van der Waals surface area contributed by atoms with Gasteiger partial charge in [0.2, 0.25) is 0 Å². The Labute approximate surface area is 118 Å². The lowest BCUT2D eigenvalue weighted by atomic mass is 10.0. The van der Waals surface area contributed by atoms with E-state index < -0.39 is 5.60 Å². The van der Waals surface area contributed by atoms with Gasteiger partial charge in [-0.2, -0.15) is 0 Å². The maximum absolute atomic E-state index is 9.56. The summed E-state index contributed by atoms with van der Waals surface area (Å²) >= 11 is 6.16. The highest BCUT2D eigenvalue weighted by Crippen LogP contribution is 2.27. The zero-order valence-electron chi connectivity index (χ0n) is 10.9. The second-order valence-electron chi connectivity index (χ2n) is 4.87. The first kappa shape index (κ1) is 13.7. The predicted molar refractivity (Wildman–Crippen MR) is 80.1 cm³/mol. The van der Waals surface area contributed by atoms with E-state index >= 15 is 0 Å². The van der Waals surface area contributed by atoms with E-state index in [4.69, 9.17) is 11.6 Å². The Kier molecular flexibility index (Phi) is 3.95. The maximum Gasteiger partial charge on any atom is 0.120 e. The van der Waals surface area contributed by atoms with Gasteiger partial charge in [0.25, 0.3) is 0 Å². The summed E-state index contributed by atoms with van der Waals surface area (Å²) in [5.41, 5.74) is 1.96. The summed E-state index contributed by atoms with van der Waals surface area (Å²) in [4.78, 5) is 0. The lowest BCUT2D eigenvalue weighted by Gasteiger charge is -2.06. The predicted octanol–water partition coefficient (Wildman–Crippen LogP) is 4.13. The van der Waals surface area contributed by atoms with Gasteiger partial charge in [-0.1, -0.05) is 53.8 Å². The second kappa shape index (κ2) is 5.48. The molecule has 0 aliphatic carbocycles. The lowest BCUT2D eigenvalue weighted by molar-refractivity contribution is 0.143. The van der Waals surface area contributed by atoms with Crippen LogP contribution in [0.2, 0.25) is 5.02 Å². The summed E-state index contributed by atoms with van der Waals surface area (Å²) in [7, 11) is 0. The van der Waals surface area contributed by atoms with Crippen LogP contribution in [-0.4, -0.2) is 10.7 Å². The van der Waals surface area contributed by atoms with Crippen LogP contribution in [0.3, 0.4) is 0 Å². The summed E-state index contributed by atoms with van der Waals surface area (Å²) in [5.74, 6) is 5.73. The van der Waals surface area contributed by atoms with Crippen molar-refractivity contribution in [3.63, 3.8) is 0 Å². The molecule has 0 aromatic heterocycles. The molecule has 1 N–H and O–H groups in total. The minimum Gasteiger partial charge on any atom is -0.378 e. The molecule has 19 heavy (non-hydrogen) atoms. The fraction of sp³-hybridized carbons (Fsp3) is 0.176. The van der Waals surface area contributed by atoms with Crippen LogP contribution >= 0.6 is 11.6 Å². The van der Waals surface area contributed by atoms with Gasteiger partial charge < -0.3 is 5.11 Å². The first-order valence-electron chi connectivity index (χ1n) is 6.06. The van der Waals surface area contributed by atoms with Crippen molar-refractivity contribution in [3.05, 3.63) is 59.1 Å². The van der Waals surface area contributed by atoms with Crippen molar-refractivity contribution < 1.29 is 5.11 Å². The molecule has 0 aliphatic rings. The zero-order valence-corrected chi connectivity index (χ0v) is 11.7. The first-order chi connectivity index (χ1) is 8.96. The normalized spacial score (nSPS) is 10.7. The molecule has 0 saturated carbocycles. The smallest absolute Gasteiger partial charge is 0.120 e. The van der Waals surface area contributed by atoms with Gasteiger partial charge in [-0.25, -0.2) is 0 Å². The van der Waals surface area contributed by atoms with Crippen LogP contribution in [0.15, 0.2) is 48.5 Å². The largest absolute Gasteiger partial charge is 0.378 e. The molecule has 0 atom stereocenters. The number of benzene rings is 2. The van der Waals surface area contributed by atoms with Crippen LogP contribution in [0.4, 0.5) is 0 Å². The van der Waals surface area contributed by atoms with Crippen molar-refractivity contribution in [2.24, 2.45) is 0 Å². The van der Waals surface area contributed by atoms with E-state index in [0.717, 1.165) is 21.7 Å². The molecule has 0 amide bonds. The molecular weight excluding hydrogens is 256 g/mol. The molecule has 0 radical (unpaired) electrons. The van der Waals surface area contributed by atoms with Crippen LogP contribution in [-0.2, 0) is 0 Å². The quantitative estimate of drug-likeness (QED) is 0.773. The fourth-order valence-electron chi connectivity index (χ4n) is 1.65. The van der Waals surface area contributed by atoms with E-state index in [1.54, 1.807) is 13.8 Å². The molecule has 0 unspecified atom stereocenters. The van der Waals surface area contributed by atoms with Gasteiger partial charge in [-0.15, -0.1) is 0 Å². The monoisotopic (exact) mass is 270 g/mol. The topological polar surface area (TPSA) is 20.2 Å². The number of hydrogen-bond donors (Lipinski definition) is 1. The summed E-state index contributed by atoms with van der Waals surface area (Å²) in [6, 6.07) is 15.6. The highest BCUT2D eigenvalue weighted by molar-refractivity contribution is 6.33. The zero-order chi connectivity index (χ0) is 13.9. The molecule has 0 fully saturated rings. The van der Waals surface area contributed by atoms with E-state index in [0.29, 0.717) is 0 Å². The SMILES string of the molecule is CC(C)(O)C#Cc1ccc(-c2ccccc2Cl)cc1. The van der Waals surface area contributed by atoms with Crippen molar-refractivity contribution in [2.45, 2.75) is 19.4 Å². The highest BCUT2D eigenvalue weighted by atomic mass is 35.5. The van der Waals surface area contributed by atoms with E-state index in [1.807, 2.05) is 48.5 Å². The molecule has 2 rings (SSSR count). The van der Waals surface area contributed by atoms with Crippen molar-refractivity contribution in [2.75, 3.05) is 0 Å². The summed E-state index contributed by atoms with van der Waals surface area (Å²) in [6.07, 6.45) is 0. The van der Waals surface area contributed by atoms with Gasteiger partial charge in [0.05, 0.1) is 0 Å². The number of hydrogen-bond acceptors (Lipinski definition) is 1. The molecule has 0 heterocycles. The molecule has 2 aromatic rings. The Morgan fingerprint density at radius 2 is 1.63 bits per heavy atom. The average Bonchev–Trinajstić information content (AvgIpc) is 2.37. The minimum atomic E-state index is -0.971. The molecule has 0 aliphatic heterocycles. The van der Waals surface area contributed by atoms with E-state index in [1.165, 1.54) is 0 Å². The van der Waals surface area contributed by atoms with E-state index in [9.17, 15) is 5.11 Å². The van der Waals surface area contributed by atoms with Crippen molar-refractivity contribution >= 4 is 11.6 Å². The van der Waals surface area contributed by atoms with Crippen LogP contribution in [0.25, 0.3) is 11.1 Å². The third kappa shape index (κ3) is 3.86. The van der Waals surface area contributed by atoms with Gasteiger partial charge >= 0.3 is 0 Å². The first-order valence-corrected chi connectivity index (χ1v) is 6.44. The highest BCUT2D eigenvalue weighted by Gasteiger charge is 2.06. The Morgan fingerprint density at radius 1 is 1.00 bits per heavy atom. The van der Waals surface area contributed by atoms with Crippen molar-refractivity contribution in [1.29, 1.82) is 0 Å². The Bertz CT molecular complexity index is 625. The van der Waals surface area contributed by atoms with Crippen LogP contribution in [0.1, 0.15) is 19.4 Å². The average molecular weight is 271 g/mol. The lowest BCUT2D eigenvalue weighted by Crippen LogP contribution is -2.14. The summed E-state index contributed by atoms with van der Waals surface area (Å²) < 4.78 is 0. The second-order valence-corrected chi connectivity index (χ2v) is 5.27. The molecule has 2 heteroatoms. The number of aliphatic hydroxyl groups is 1. The van der Waals surface area contributed by atoms with Gasteiger partial charge in [-0.3, -0.25) is 0 Å². The molecule has 0 bridgehead atoms. The summed E-state index contributed by atoms with van der Waals surface area (Å²) in [5, 5.41) is 10.3. The van der Waals surface area contributed by atoms with Gasteiger partial charge in [0, 0.05) is 16.1 Å². The standard InChI is InChI=1S/C17H15ClO/c1-17(2,19)12-11-13-7-9-14(10-8-13)15-5-3-4-6-16(15)18/h3-10,19H,1-2H3. The fourth-order valence-corrected chi connectivity index (χ4v) is 1.90. The van der Waals surface area contributed by atoms with E-state index in [-0.39, 0.29) is 0 Å². The maximum atomic E-state index is 9.56. The Balaban J connectivity index is 2.29. The Morgan fingerprint density at radius 3 is 2.21 bits per heavy atom. The van der Waals surface area contributed by atoms with Crippen LogP contribution in [0, 0.1) is 11.8 Å². The van der Waals surface area contributed by atoms with Crippen molar-refractivity contribution in [3.8, 4) is 23.0 Å². The number of halogens is 1. The molecule has 2 aromatic carbocycles. The van der Waals surface area contributed by atoms with Crippen LogP contribution < -0.4 is 0 Å². The summed E-state index contributed by atoms with van der Waals surface area (Å²) in [6.45, 7) is 3.33. The third-order valence-corrected chi connectivity index (χ3v) is 2.91. The molecular formula is C17H15ClO. The third-order valence-electron chi connectivity index (χ3n) is 2.58.